The molecule has 4 aliphatic carbocycles. The Morgan fingerprint density at radius 2 is 1.72 bits per heavy atom. The molecular formula is C26H30O6. The lowest BCUT2D eigenvalue weighted by molar-refractivity contribution is -0.174. The minimum atomic E-state index is -1.28. The molecule has 3 N–H and O–H groups in total. The second kappa shape index (κ2) is 6.12. The van der Waals surface area contributed by atoms with E-state index in [0.717, 1.165) is 16.7 Å². The van der Waals surface area contributed by atoms with E-state index in [-0.39, 0.29) is 5.78 Å². The molecule has 1 saturated carbocycles. The molecule has 0 amide bonds. The zero-order chi connectivity index (χ0) is 23.4. The molecule has 0 saturated heterocycles. The molecule has 5 rings (SSSR count). The van der Waals surface area contributed by atoms with Crippen molar-refractivity contribution in [3.63, 3.8) is 0 Å². The number of carbonyl (C=O) groups excluding carboxylic acids is 2. The molecule has 0 aliphatic heterocycles. The van der Waals surface area contributed by atoms with E-state index in [2.05, 4.69) is 0 Å². The lowest BCUT2D eigenvalue weighted by Crippen LogP contribution is -2.67. The van der Waals surface area contributed by atoms with Crippen LogP contribution in [0.5, 0.6) is 0 Å². The molecule has 0 spiro atoms. The van der Waals surface area contributed by atoms with Crippen LogP contribution in [-0.2, 0) is 9.59 Å². The third-order valence-electron chi connectivity index (χ3n) is 9.35. The summed E-state index contributed by atoms with van der Waals surface area (Å²) in [5.74, 6) is -1.73. The highest BCUT2D eigenvalue weighted by Crippen LogP contribution is 2.72. The summed E-state index contributed by atoms with van der Waals surface area (Å²) in [6, 6.07) is 1.82. The van der Waals surface area contributed by atoms with E-state index in [4.69, 9.17) is 4.42 Å². The smallest absolute Gasteiger partial charge is 0.204 e. The van der Waals surface area contributed by atoms with Crippen LogP contribution in [0.3, 0.4) is 0 Å². The van der Waals surface area contributed by atoms with Gasteiger partial charge in [0.25, 0.3) is 0 Å². The lowest BCUT2D eigenvalue weighted by Gasteiger charge is -2.64. The van der Waals surface area contributed by atoms with Crippen molar-refractivity contribution >= 4 is 17.1 Å². The molecule has 3 unspecified atom stereocenters. The molecular weight excluding hydrogens is 408 g/mol. The maximum atomic E-state index is 14.0. The van der Waals surface area contributed by atoms with Gasteiger partial charge in [0, 0.05) is 22.3 Å². The zero-order valence-electron chi connectivity index (χ0n) is 19.1. The topological polar surface area (TPSA) is 108 Å². The molecule has 32 heavy (non-hydrogen) atoms. The minimum Gasteiger partial charge on any atom is -0.504 e. The summed E-state index contributed by atoms with van der Waals surface area (Å²) in [6.07, 6.45) is 5.28. The van der Waals surface area contributed by atoms with E-state index in [9.17, 15) is 24.9 Å². The Morgan fingerprint density at radius 1 is 1.03 bits per heavy atom. The van der Waals surface area contributed by atoms with E-state index in [1.807, 2.05) is 19.9 Å². The summed E-state index contributed by atoms with van der Waals surface area (Å²) in [7, 11) is 0. The van der Waals surface area contributed by atoms with Gasteiger partial charge < -0.3 is 19.7 Å². The van der Waals surface area contributed by atoms with Crippen LogP contribution in [0.2, 0.25) is 0 Å². The van der Waals surface area contributed by atoms with E-state index in [1.54, 1.807) is 39.4 Å². The first-order valence-corrected chi connectivity index (χ1v) is 11.2. The quantitative estimate of drug-likeness (QED) is 0.616. The predicted octanol–water partition coefficient (Wildman–Crippen LogP) is 3.76. The van der Waals surface area contributed by atoms with E-state index >= 15 is 0 Å². The number of rotatable bonds is 1. The number of furan rings is 1. The van der Waals surface area contributed by atoms with Gasteiger partial charge in [-0.05, 0) is 50.0 Å². The van der Waals surface area contributed by atoms with Crippen molar-refractivity contribution < 1.29 is 29.3 Å². The number of ketones is 2. The molecule has 1 heterocycles. The molecule has 4 aliphatic rings. The Hall–Kier alpha value is -2.44. The van der Waals surface area contributed by atoms with Crippen molar-refractivity contribution in [3.05, 3.63) is 53.2 Å². The van der Waals surface area contributed by atoms with Crippen LogP contribution in [0.1, 0.15) is 53.0 Å². The van der Waals surface area contributed by atoms with Gasteiger partial charge >= 0.3 is 0 Å². The van der Waals surface area contributed by atoms with Crippen LogP contribution in [0.25, 0.3) is 5.57 Å². The highest BCUT2D eigenvalue weighted by atomic mass is 16.3. The normalized spacial score (nSPS) is 42.8. The summed E-state index contributed by atoms with van der Waals surface area (Å²) in [4.78, 5) is 26.7. The fourth-order valence-electron chi connectivity index (χ4n) is 7.68. The summed E-state index contributed by atoms with van der Waals surface area (Å²) >= 11 is 0. The Balaban J connectivity index is 1.82. The van der Waals surface area contributed by atoms with Gasteiger partial charge in [-0.1, -0.05) is 32.4 Å². The Bertz CT molecular complexity index is 1140. The number of fused-ring (bicyclic) bond motifs is 5. The maximum absolute atomic E-state index is 14.0. The van der Waals surface area contributed by atoms with E-state index in [1.165, 1.54) is 6.08 Å². The first kappa shape index (κ1) is 21.4. The maximum Gasteiger partial charge on any atom is 0.204 e. The number of hydrogen-bond donors (Lipinski definition) is 3. The molecule has 0 bridgehead atoms. The molecule has 1 aromatic rings. The largest absolute Gasteiger partial charge is 0.504 e. The van der Waals surface area contributed by atoms with Gasteiger partial charge in [-0.25, -0.2) is 0 Å². The van der Waals surface area contributed by atoms with E-state index < -0.39 is 51.3 Å². The highest BCUT2D eigenvalue weighted by molar-refractivity contribution is 6.06. The number of allylic oxidation sites excluding steroid dienone is 4. The number of hydrogen-bond acceptors (Lipinski definition) is 6. The van der Waals surface area contributed by atoms with Gasteiger partial charge in [0.2, 0.25) is 5.78 Å². The predicted molar refractivity (Wildman–Crippen MR) is 117 cm³/mol. The Labute approximate surface area is 187 Å². The molecule has 1 aromatic heterocycles. The van der Waals surface area contributed by atoms with Crippen LogP contribution in [0.15, 0.2) is 52.1 Å². The first-order chi connectivity index (χ1) is 14.8. The van der Waals surface area contributed by atoms with E-state index in [0.29, 0.717) is 18.4 Å². The van der Waals surface area contributed by atoms with Gasteiger partial charge in [0.05, 0.1) is 35.6 Å². The average Bonchev–Trinajstić information content (AvgIpc) is 3.32. The molecule has 0 aromatic carbocycles. The second-order valence-electron chi connectivity index (χ2n) is 11.0. The van der Waals surface area contributed by atoms with Gasteiger partial charge in [-0.2, -0.15) is 0 Å². The lowest BCUT2D eigenvalue weighted by atomic mass is 9.38. The van der Waals surface area contributed by atoms with Gasteiger partial charge in [0.15, 0.2) is 11.5 Å². The van der Waals surface area contributed by atoms with Crippen molar-refractivity contribution in [2.45, 2.75) is 59.7 Å². The fourth-order valence-corrected chi connectivity index (χ4v) is 7.68. The Morgan fingerprint density at radius 3 is 2.34 bits per heavy atom. The van der Waals surface area contributed by atoms with Crippen molar-refractivity contribution in [2.75, 3.05) is 0 Å². The average molecular weight is 439 g/mol. The fraction of sp³-hybridized carbons (Fsp3) is 0.538. The Kier molecular flexibility index (Phi) is 4.09. The number of aliphatic hydroxyl groups excluding tert-OH is 3. The van der Waals surface area contributed by atoms with Gasteiger partial charge in [-0.3, -0.25) is 9.59 Å². The second-order valence-corrected chi connectivity index (χ2v) is 11.0. The molecule has 170 valence electrons. The summed E-state index contributed by atoms with van der Waals surface area (Å²) in [5, 5.41) is 34.3. The number of aliphatic hydroxyl groups is 3. The third kappa shape index (κ3) is 2.13. The molecule has 0 radical (unpaired) electrons. The summed E-state index contributed by atoms with van der Waals surface area (Å²) in [5.41, 5.74) is -1.36. The van der Waals surface area contributed by atoms with Crippen LogP contribution in [0, 0.1) is 27.6 Å². The van der Waals surface area contributed by atoms with Crippen LogP contribution in [-0.4, -0.2) is 39.1 Å². The van der Waals surface area contributed by atoms with Crippen LogP contribution < -0.4 is 0 Å². The van der Waals surface area contributed by atoms with Crippen molar-refractivity contribution in [1.82, 2.24) is 0 Å². The molecule has 6 atom stereocenters. The van der Waals surface area contributed by atoms with Crippen LogP contribution >= 0.6 is 0 Å². The molecule has 1 fully saturated rings. The summed E-state index contributed by atoms with van der Waals surface area (Å²) in [6.45, 7) is 8.95. The van der Waals surface area contributed by atoms with Crippen LogP contribution in [0.4, 0.5) is 0 Å². The summed E-state index contributed by atoms with van der Waals surface area (Å²) < 4.78 is 5.26. The SMILES string of the molecule is CC1(C)C(=O)C=C[C@@]2(C)C1=C(O)C(=O)[C@]1(C)C2C(O)CC2=C(c3ccoc3)CC(O)[C@]21C. The number of Topliss-reactive ketones (excluding diaryl/α,β-unsaturated/α-hetero) is 1. The van der Waals surface area contributed by atoms with Crippen molar-refractivity contribution in [1.29, 1.82) is 0 Å². The monoisotopic (exact) mass is 438 g/mol. The zero-order valence-corrected chi connectivity index (χ0v) is 19.1. The van der Waals surface area contributed by atoms with Gasteiger partial charge in [-0.15, -0.1) is 0 Å². The van der Waals surface area contributed by atoms with Crippen molar-refractivity contribution in [2.24, 2.45) is 27.6 Å². The minimum absolute atomic E-state index is 0.187. The molecule has 6 nitrogen and oxygen atoms in total. The highest BCUT2D eigenvalue weighted by Gasteiger charge is 2.73. The standard InChI is InChI=1S/C26H30O6/c1-23(2)17(28)6-8-24(3)20-16(27)11-15-14(13-7-9-32-12-13)10-18(29)25(15,4)26(20,5)22(31)19(30)21(23)24/h6-9,12,16,18,20,27,29-30H,10-11H2,1-5H3/t16?,18?,20?,24-,25+,26+/m1/s1. The molecule has 6 heteroatoms. The number of carbonyl (C=O) groups is 2. The van der Waals surface area contributed by atoms with Gasteiger partial charge in [0.1, 0.15) is 0 Å². The third-order valence-corrected chi connectivity index (χ3v) is 9.35. The van der Waals surface area contributed by atoms with Crippen molar-refractivity contribution in [3.8, 4) is 0 Å². The first-order valence-electron chi connectivity index (χ1n) is 11.2.